The van der Waals surface area contributed by atoms with Crippen LogP contribution < -0.4 is 5.48 Å². The van der Waals surface area contributed by atoms with Gasteiger partial charge in [0.2, 0.25) is 0 Å². The van der Waals surface area contributed by atoms with Gasteiger partial charge in [0.15, 0.2) is 0 Å². The van der Waals surface area contributed by atoms with E-state index in [-0.39, 0.29) is 0 Å². The summed E-state index contributed by atoms with van der Waals surface area (Å²) in [7, 11) is 1.71. The molecule has 3 nitrogen and oxygen atoms in total. The van der Waals surface area contributed by atoms with Crippen molar-refractivity contribution >= 4 is 0 Å². The van der Waals surface area contributed by atoms with Gasteiger partial charge in [-0.1, -0.05) is 0 Å². The van der Waals surface area contributed by atoms with Crippen LogP contribution in [-0.4, -0.2) is 26.4 Å². The van der Waals surface area contributed by atoms with E-state index in [0.29, 0.717) is 24.7 Å². The van der Waals surface area contributed by atoms with Gasteiger partial charge in [0.05, 0.1) is 13.2 Å². The molecule has 4 bridgehead atoms. The second kappa shape index (κ2) is 5.10. The molecule has 18 heavy (non-hydrogen) atoms. The average molecular weight is 253 g/mol. The smallest absolute Gasteiger partial charge is 0.0915 e. The maximum Gasteiger partial charge on any atom is 0.0915 e. The van der Waals surface area contributed by atoms with Crippen molar-refractivity contribution in [1.82, 2.24) is 5.48 Å². The Labute approximate surface area is 111 Å². The fourth-order valence-electron chi connectivity index (χ4n) is 5.14. The Kier molecular flexibility index (Phi) is 3.65. The predicted molar refractivity (Wildman–Crippen MR) is 71.0 cm³/mol. The van der Waals surface area contributed by atoms with Gasteiger partial charge >= 0.3 is 0 Å². The van der Waals surface area contributed by atoms with Gasteiger partial charge < -0.3 is 4.74 Å². The topological polar surface area (TPSA) is 30.5 Å². The van der Waals surface area contributed by atoms with Crippen LogP contribution in [0.1, 0.15) is 45.4 Å². The monoisotopic (exact) mass is 253 g/mol. The highest BCUT2D eigenvalue weighted by molar-refractivity contribution is 5.04. The largest absolute Gasteiger partial charge is 0.382 e. The van der Waals surface area contributed by atoms with Crippen molar-refractivity contribution in [1.29, 1.82) is 0 Å². The van der Waals surface area contributed by atoms with Crippen LogP contribution in [0.4, 0.5) is 0 Å². The van der Waals surface area contributed by atoms with Gasteiger partial charge in [-0.15, -0.1) is 0 Å². The minimum atomic E-state index is 0.489. The molecule has 0 saturated heterocycles. The Hall–Kier alpha value is -0.120. The van der Waals surface area contributed by atoms with E-state index in [2.05, 4.69) is 12.4 Å². The Morgan fingerprint density at radius 2 is 1.61 bits per heavy atom. The molecule has 1 unspecified atom stereocenters. The molecule has 4 aliphatic rings. The summed E-state index contributed by atoms with van der Waals surface area (Å²) >= 11 is 0. The summed E-state index contributed by atoms with van der Waals surface area (Å²) in [5.74, 6) is 3.04. The van der Waals surface area contributed by atoms with Crippen molar-refractivity contribution in [3.05, 3.63) is 0 Å². The maximum atomic E-state index is 5.55. The zero-order chi connectivity index (χ0) is 12.6. The summed E-state index contributed by atoms with van der Waals surface area (Å²) in [5.41, 5.74) is 3.82. The molecule has 0 aromatic carbocycles. The quantitative estimate of drug-likeness (QED) is 0.583. The van der Waals surface area contributed by atoms with Gasteiger partial charge in [-0.2, -0.15) is 5.48 Å². The molecule has 3 heteroatoms. The van der Waals surface area contributed by atoms with E-state index in [4.69, 9.17) is 9.57 Å². The molecule has 0 heterocycles. The van der Waals surface area contributed by atoms with Crippen LogP contribution in [0.3, 0.4) is 0 Å². The molecule has 1 N–H and O–H groups in total. The normalized spacial score (nSPS) is 43.3. The van der Waals surface area contributed by atoms with Gasteiger partial charge in [-0.05, 0) is 68.6 Å². The second-order valence-electron chi connectivity index (χ2n) is 6.96. The number of nitrogens with one attached hydrogen (secondary N) is 1. The molecule has 4 fully saturated rings. The molecule has 0 aromatic rings. The summed E-state index contributed by atoms with van der Waals surface area (Å²) in [5, 5.41) is 0. The molecular weight excluding hydrogens is 226 g/mol. The van der Waals surface area contributed by atoms with Crippen LogP contribution in [0.15, 0.2) is 0 Å². The zero-order valence-electron chi connectivity index (χ0n) is 11.8. The van der Waals surface area contributed by atoms with Gasteiger partial charge in [-0.25, -0.2) is 0 Å². The van der Waals surface area contributed by atoms with Crippen LogP contribution in [-0.2, 0) is 9.57 Å². The van der Waals surface area contributed by atoms with Crippen LogP contribution in [0.2, 0.25) is 0 Å². The summed E-state index contributed by atoms with van der Waals surface area (Å²) in [6.45, 7) is 3.63. The highest BCUT2D eigenvalue weighted by Crippen LogP contribution is 2.61. The lowest BCUT2D eigenvalue weighted by Gasteiger charge is -2.59. The molecule has 0 amide bonds. The lowest BCUT2D eigenvalue weighted by atomic mass is 9.48. The molecule has 0 radical (unpaired) electrons. The maximum absolute atomic E-state index is 5.55. The molecule has 0 aliphatic heterocycles. The number of hydroxylamine groups is 1. The first-order valence-corrected chi connectivity index (χ1v) is 7.58. The Bertz CT molecular complexity index is 257. The molecular formula is C15H27NO2. The molecule has 104 valence electrons. The first kappa shape index (κ1) is 12.9. The van der Waals surface area contributed by atoms with Crippen molar-refractivity contribution in [2.24, 2.45) is 23.2 Å². The number of hydrogen-bond acceptors (Lipinski definition) is 3. The Morgan fingerprint density at radius 3 is 2.11 bits per heavy atom. The van der Waals surface area contributed by atoms with Gasteiger partial charge in [0, 0.05) is 13.2 Å². The van der Waals surface area contributed by atoms with Crippen molar-refractivity contribution in [2.45, 2.75) is 51.5 Å². The summed E-state index contributed by atoms with van der Waals surface area (Å²) in [6.07, 6.45) is 8.83. The SMILES string of the molecule is COCCONC(C)C12CC3CC(CC(C3)C1)C2. The Morgan fingerprint density at radius 1 is 1.06 bits per heavy atom. The van der Waals surface area contributed by atoms with E-state index >= 15 is 0 Å². The van der Waals surface area contributed by atoms with Crippen LogP contribution >= 0.6 is 0 Å². The van der Waals surface area contributed by atoms with E-state index in [9.17, 15) is 0 Å². The van der Waals surface area contributed by atoms with E-state index < -0.39 is 0 Å². The van der Waals surface area contributed by atoms with Gasteiger partial charge in [0.1, 0.15) is 0 Å². The highest BCUT2D eigenvalue weighted by Gasteiger charge is 2.53. The van der Waals surface area contributed by atoms with Crippen molar-refractivity contribution < 1.29 is 9.57 Å². The number of methoxy groups -OCH3 is 1. The standard InChI is InChI=1S/C15H27NO2/c1-11(16-18-4-3-17-2)15-8-12-5-13(9-15)7-14(6-12)10-15/h11-14,16H,3-10H2,1-2H3. The van der Waals surface area contributed by atoms with Crippen LogP contribution in [0, 0.1) is 23.2 Å². The van der Waals surface area contributed by atoms with E-state index in [1.165, 1.54) is 38.5 Å². The van der Waals surface area contributed by atoms with Gasteiger partial charge in [-0.3, -0.25) is 4.84 Å². The summed E-state index contributed by atoms with van der Waals surface area (Å²) in [4.78, 5) is 5.55. The Balaban J connectivity index is 1.57. The molecule has 0 aromatic heterocycles. The number of ether oxygens (including phenoxy) is 1. The van der Waals surface area contributed by atoms with E-state index in [1.807, 2.05) is 0 Å². The first-order chi connectivity index (χ1) is 8.72. The third-order valence-electron chi connectivity index (χ3n) is 5.65. The minimum Gasteiger partial charge on any atom is -0.382 e. The van der Waals surface area contributed by atoms with Crippen molar-refractivity contribution in [3.8, 4) is 0 Å². The van der Waals surface area contributed by atoms with Crippen LogP contribution in [0.5, 0.6) is 0 Å². The minimum absolute atomic E-state index is 0.489. The van der Waals surface area contributed by atoms with Crippen LogP contribution in [0.25, 0.3) is 0 Å². The lowest BCUT2D eigenvalue weighted by molar-refractivity contribution is -0.110. The second-order valence-corrected chi connectivity index (χ2v) is 6.96. The molecule has 4 aliphatic carbocycles. The average Bonchev–Trinajstić information content (AvgIpc) is 2.32. The van der Waals surface area contributed by atoms with Gasteiger partial charge in [0.25, 0.3) is 0 Å². The van der Waals surface area contributed by atoms with E-state index in [0.717, 1.165) is 17.8 Å². The third-order valence-corrected chi connectivity index (χ3v) is 5.65. The zero-order valence-corrected chi connectivity index (χ0v) is 11.8. The highest BCUT2D eigenvalue weighted by atomic mass is 16.7. The number of hydrogen-bond donors (Lipinski definition) is 1. The molecule has 4 rings (SSSR count). The van der Waals surface area contributed by atoms with Crippen molar-refractivity contribution in [2.75, 3.05) is 20.3 Å². The predicted octanol–water partition coefficient (Wildman–Crippen LogP) is 2.76. The first-order valence-electron chi connectivity index (χ1n) is 7.58. The van der Waals surface area contributed by atoms with Crippen molar-refractivity contribution in [3.63, 3.8) is 0 Å². The fourth-order valence-corrected chi connectivity index (χ4v) is 5.14. The molecule has 0 spiro atoms. The summed E-state index contributed by atoms with van der Waals surface area (Å²) < 4.78 is 5.01. The number of rotatable bonds is 6. The molecule has 1 atom stereocenters. The van der Waals surface area contributed by atoms with E-state index in [1.54, 1.807) is 7.11 Å². The lowest BCUT2D eigenvalue weighted by Crippen LogP contribution is -2.54. The third kappa shape index (κ3) is 2.33. The molecule has 4 saturated carbocycles. The fraction of sp³-hybridized carbons (Fsp3) is 1.00. The summed E-state index contributed by atoms with van der Waals surface area (Å²) in [6, 6.07) is 0.489.